The summed E-state index contributed by atoms with van der Waals surface area (Å²) in [6, 6.07) is 5.81. The van der Waals surface area contributed by atoms with Gasteiger partial charge in [0.1, 0.15) is 0 Å². The third-order valence-electron chi connectivity index (χ3n) is 3.36. The van der Waals surface area contributed by atoms with E-state index in [1.54, 1.807) is 4.90 Å². The summed E-state index contributed by atoms with van der Waals surface area (Å²) in [6.45, 7) is 4.64. The Labute approximate surface area is 112 Å². The zero-order chi connectivity index (χ0) is 14.0. The van der Waals surface area contributed by atoms with Crippen molar-refractivity contribution in [3.8, 4) is 0 Å². The molecule has 19 heavy (non-hydrogen) atoms. The van der Waals surface area contributed by atoms with Crippen molar-refractivity contribution in [3.05, 3.63) is 29.3 Å². The second-order valence-electron chi connectivity index (χ2n) is 4.96. The Balaban J connectivity index is 2.33. The Hall–Kier alpha value is -1.88. The smallest absolute Gasteiger partial charge is 0.309 e. The van der Waals surface area contributed by atoms with E-state index in [9.17, 15) is 9.59 Å². The van der Waals surface area contributed by atoms with Crippen molar-refractivity contribution >= 4 is 17.6 Å². The highest BCUT2D eigenvalue weighted by atomic mass is 16.4. The monoisotopic (exact) mass is 262 g/mol. The van der Waals surface area contributed by atoms with Gasteiger partial charge in [-0.25, -0.2) is 0 Å². The summed E-state index contributed by atoms with van der Waals surface area (Å²) < 4.78 is 0. The van der Waals surface area contributed by atoms with Crippen LogP contribution in [0.5, 0.6) is 0 Å². The minimum absolute atomic E-state index is 0.0873. The zero-order valence-corrected chi connectivity index (χ0v) is 11.1. The van der Waals surface area contributed by atoms with E-state index in [2.05, 4.69) is 5.32 Å². The van der Waals surface area contributed by atoms with Crippen molar-refractivity contribution in [3.63, 3.8) is 0 Å². The molecule has 1 unspecified atom stereocenters. The first-order valence-corrected chi connectivity index (χ1v) is 6.30. The number of carboxylic acids is 1. The maximum Gasteiger partial charge on any atom is 0.309 e. The van der Waals surface area contributed by atoms with Crippen molar-refractivity contribution < 1.29 is 14.7 Å². The van der Waals surface area contributed by atoms with Crippen LogP contribution in [0.25, 0.3) is 0 Å². The average molecular weight is 262 g/mol. The van der Waals surface area contributed by atoms with Crippen molar-refractivity contribution in [2.75, 3.05) is 24.5 Å². The first-order valence-electron chi connectivity index (χ1n) is 6.30. The van der Waals surface area contributed by atoms with E-state index < -0.39 is 11.9 Å². The molecule has 0 saturated carbocycles. The fourth-order valence-corrected chi connectivity index (χ4v) is 2.34. The number of rotatable bonds is 2. The predicted octanol–water partition coefficient (Wildman–Crippen LogP) is 0.940. The number of hydrogen-bond acceptors (Lipinski definition) is 3. The van der Waals surface area contributed by atoms with Crippen molar-refractivity contribution in [1.29, 1.82) is 0 Å². The molecule has 2 rings (SSSR count). The van der Waals surface area contributed by atoms with Crippen LogP contribution in [0.4, 0.5) is 5.69 Å². The van der Waals surface area contributed by atoms with Gasteiger partial charge in [0.2, 0.25) is 5.91 Å². The summed E-state index contributed by atoms with van der Waals surface area (Å²) in [5, 5.41) is 12.0. The van der Waals surface area contributed by atoms with Gasteiger partial charge < -0.3 is 15.3 Å². The fourth-order valence-electron chi connectivity index (χ4n) is 2.34. The Bertz CT molecular complexity index is 513. The molecule has 0 aliphatic carbocycles. The number of amides is 1. The number of benzene rings is 1. The van der Waals surface area contributed by atoms with Crippen LogP contribution in [-0.2, 0) is 9.59 Å². The van der Waals surface area contributed by atoms with Crippen LogP contribution in [0, 0.1) is 19.8 Å². The number of nitrogens with one attached hydrogen (secondary N) is 1. The fraction of sp³-hybridized carbons (Fsp3) is 0.429. The van der Waals surface area contributed by atoms with Crippen LogP contribution in [0.2, 0.25) is 0 Å². The molecular formula is C14H18N2O3. The summed E-state index contributed by atoms with van der Waals surface area (Å²) >= 11 is 0. The summed E-state index contributed by atoms with van der Waals surface area (Å²) in [4.78, 5) is 24.8. The Kier molecular flexibility index (Phi) is 3.85. The number of aliphatic carboxylic acids is 1. The van der Waals surface area contributed by atoms with Gasteiger partial charge in [-0.2, -0.15) is 0 Å². The van der Waals surface area contributed by atoms with Gasteiger partial charge in [0, 0.05) is 18.8 Å². The Morgan fingerprint density at radius 3 is 2.79 bits per heavy atom. The molecule has 1 aliphatic rings. The molecule has 5 nitrogen and oxygen atoms in total. The molecule has 0 bridgehead atoms. The van der Waals surface area contributed by atoms with E-state index in [4.69, 9.17) is 5.11 Å². The van der Waals surface area contributed by atoms with Crippen LogP contribution in [-0.4, -0.2) is 36.6 Å². The summed E-state index contributed by atoms with van der Waals surface area (Å²) in [7, 11) is 0. The van der Waals surface area contributed by atoms with Crippen molar-refractivity contribution in [1.82, 2.24) is 5.32 Å². The Morgan fingerprint density at radius 2 is 2.16 bits per heavy atom. The van der Waals surface area contributed by atoms with E-state index >= 15 is 0 Å². The third kappa shape index (κ3) is 2.93. The first-order chi connectivity index (χ1) is 8.99. The number of aryl methyl sites for hydroxylation is 2. The molecular weight excluding hydrogens is 244 g/mol. The third-order valence-corrected chi connectivity index (χ3v) is 3.36. The highest BCUT2D eigenvalue weighted by Gasteiger charge is 2.28. The molecule has 1 aromatic rings. The van der Waals surface area contributed by atoms with E-state index in [0.29, 0.717) is 6.54 Å². The lowest BCUT2D eigenvalue weighted by Crippen LogP contribution is -2.37. The largest absolute Gasteiger partial charge is 0.481 e. The first kappa shape index (κ1) is 13.5. The minimum atomic E-state index is -0.878. The standard InChI is InChI=1S/C14H18N2O3/c1-9-3-4-12(10(2)5-9)16-8-11(14(18)19)6-15-7-13(16)17/h3-5,11,15H,6-8H2,1-2H3,(H,18,19). The van der Waals surface area contributed by atoms with Gasteiger partial charge in [-0.05, 0) is 25.5 Å². The van der Waals surface area contributed by atoms with E-state index in [0.717, 1.165) is 16.8 Å². The summed E-state index contributed by atoms with van der Waals surface area (Å²) in [6.07, 6.45) is 0. The van der Waals surface area contributed by atoms with Crippen LogP contribution in [0.3, 0.4) is 0 Å². The van der Waals surface area contributed by atoms with Gasteiger partial charge in [0.05, 0.1) is 12.5 Å². The van der Waals surface area contributed by atoms with E-state index in [-0.39, 0.29) is 19.0 Å². The molecule has 0 radical (unpaired) electrons. The van der Waals surface area contributed by atoms with Crippen LogP contribution in [0.15, 0.2) is 18.2 Å². The maximum atomic E-state index is 12.1. The van der Waals surface area contributed by atoms with Gasteiger partial charge >= 0.3 is 5.97 Å². The topological polar surface area (TPSA) is 69.6 Å². The van der Waals surface area contributed by atoms with Gasteiger partial charge in [0.25, 0.3) is 0 Å². The summed E-state index contributed by atoms with van der Waals surface area (Å²) in [5.74, 6) is -1.54. The molecule has 1 fully saturated rings. The quantitative estimate of drug-likeness (QED) is 0.832. The normalized spacial score (nSPS) is 20.2. The Morgan fingerprint density at radius 1 is 1.42 bits per heavy atom. The predicted molar refractivity (Wildman–Crippen MR) is 72.3 cm³/mol. The SMILES string of the molecule is Cc1ccc(N2CC(C(=O)O)CNCC2=O)c(C)c1. The van der Waals surface area contributed by atoms with Crippen molar-refractivity contribution in [2.24, 2.45) is 5.92 Å². The lowest BCUT2D eigenvalue weighted by Gasteiger charge is -2.24. The van der Waals surface area contributed by atoms with Crippen LogP contribution < -0.4 is 10.2 Å². The molecule has 102 valence electrons. The highest BCUT2D eigenvalue weighted by Crippen LogP contribution is 2.23. The molecule has 1 amide bonds. The van der Waals surface area contributed by atoms with E-state index in [1.165, 1.54) is 0 Å². The molecule has 1 aliphatic heterocycles. The molecule has 5 heteroatoms. The van der Waals surface area contributed by atoms with Gasteiger partial charge in [-0.3, -0.25) is 9.59 Å². The number of anilines is 1. The lowest BCUT2D eigenvalue weighted by atomic mass is 10.1. The molecule has 0 aromatic heterocycles. The number of hydrogen-bond donors (Lipinski definition) is 2. The number of carbonyl (C=O) groups is 2. The summed E-state index contributed by atoms with van der Waals surface area (Å²) in [5.41, 5.74) is 2.90. The number of carbonyl (C=O) groups excluding carboxylic acids is 1. The molecule has 1 heterocycles. The average Bonchev–Trinajstić information content (AvgIpc) is 2.52. The van der Waals surface area contributed by atoms with Gasteiger partial charge in [0.15, 0.2) is 0 Å². The molecule has 0 spiro atoms. The van der Waals surface area contributed by atoms with Crippen LogP contribution >= 0.6 is 0 Å². The van der Waals surface area contributed by atoms with Gasteiger partial charge in [-0.1, -0.05) is 17.7 Å². The highest BCUT2D eigenvalue weighted by molar-refractivity contribution is 5.96. The maximum absolute atomic E-state index is 12.1. The minimum Gasteiger partial charge on any atom is -0.481 e. The van der Waals surface area contributed by atoms with E-state index in [1.807, 2.05) is 32.0 Å². The zero-order valence-electron chi connectivity index (χ0n) is 11.1. The van der Waals surface area contributed by atoms with Gasteiger partial charge in [-0.15, -0.1) is 0 Å². The second kappa shape index (κ2) is 5.40. The molecule has 1 atom stereocenters. The van der Waals surface area contributed by atoms with Crippen LogP contribution in [0.1, 0.15) is 11.1 Å². The second-order valence-corrected chi connectivity index (χ2v) is 4.96. The van der Waals surface area contributed by atoms with Crippen molar-refractivity contribution in [2.45, 2.75) is 13.8 Å². The lowest BCUT2D eigenvalue weighted by molar-refractivity contribution is -0.141. The number of nitrogens with zero attached hydrogens (tertiary/aromatic N) is 1. The molecule has 1 aromatic carbocycles. The molecule has 2 N–H and O–H groups in total. The molecule has 1 saturated heterocycles. The number of carboxylic acid groups (broad SMARTS) is 1.